The van der Waals surface area contributed by atoms with Gasteiger partial charge in [-0.2, -0.15) is 0 Å². The summed E-state index contributed by atoms with van der Waals surface area (Å²) in [6.07, 6.45) is 5.87. The van der Waals surface area contributed by atoms with Crippen LogP contribution in [0.3, 0.4) is 0 Å². The van der Waals surface area contributed by atoms with Gasteiger partial charge in [0.25, 0.3) is 0 Å². The highest BCUT2D eigenvalue weighted by atomic mass is 32.2. The quantitative estimate of drug-likeness (QED) is 0.0876. The molecule has 276 valence electrons. The molecule has 3 rings (SSSR count). The molecule has 0 saturated carbocycles. The molecule has 1 fully saturated rings. The van der Waals surface area contributed by atoms with E-state index in [1.54, 1.807) is 18.7 Å². The number of rotatable bonds is 23. The third-order valence-electron chi connectivity index (χ3n) is 9.02. The molecule has 9 heteroatoms. The minimum Gasteiger partial charge on any atom is -0.361 e. The maximum absolute atomic E-state index is 14.1. The van der Waals surface area contributed by atoms with Crippen molar-refractivity contribution in [3.8, 4) is 0 Å². The van der Waals surface area contributed by atoms with Crippen LogP contribution in [-0.2, 0) is 36.8 Å². The largest absolute Gasteiger partial charge is 0.361 e. The number of amides is 3. The second kappa shape index (κ2) is 20.6. The number of carbonyl (C=O) groups excluding carboxylic acids is 4. The SMILES string of the molecule is CC(C)CCCCS[C@@H](CCc1ccccc1)C(=O)N[C@@H](CC(C)C)C(=O)N[C@@H](Cc1ccccc1)C(=O)NC(CC(C)C)C(=O)[C@@]1(C)CO1. The highest BCUT2D eigenvalue weighted by Crippen LogP contribution is 2.30. The van der Waals surface area contributed by atoms with Crippen LogP contribution in [-0.4, -0.2) is 64.8 Å². The number of epoxide rings is 1. The lowest BCUT2D eigenvalue weighted by Gasteiger charge is -2.28. The second-order valence-electron chi connectivity index (χ2n) is 15.3. The maximum Gasteiger partial charge on any atom is 0.243 e. The Hall–Kier alpha value is -3.17. The Morgan fingerprint density at radius 1 is 0.680 bits per heavy atom. The average molecular weight is 708 g/mol. The molecule has 0 bridgehead atoms. The van der Waals surface area contributed by atoms with Crippen molar-refractivity contribution in [3.63, 3.8) is 0 Å². The zero-order valence-electron chi connectivity index (χ0n) is 31.3. The summed E-state index contributed by atoms with van der Waals surface area (Å²) in [5.74, 6) is 0.651. The molecule has 1 unspecified atom stereocenters. The zero-order chi connectivity index (χ0) is 36.7. The van der Waals surface area contributed by atoms with Crippen LogP contribution in [0, 0.1) is 17.8 Å². The Morgan fingerprint density at radius 2 is 1.20 bits per heavy atom. The van der Waals surface area contributed by atoms with E-state index in [-0.39, 0.29) is 35.2 Å². The molecule has 0 aromatic heterocycles. The van der Waals surface area contributed by atoms with Crippen LogP contribution < -0.4 is 16.0 Å². The molecule has 0 aliphatic carbocycles. The van der Waals surface area contributed by atoms with Crippen LogP contribution in [0.25, 0.3) is 0 Å². The molecule has 2 aromatic rings. The lowest BCUT2D eigenvalue weighted by atomic mass is 9.93. The zero-order valence-corrected chi connectivity index (χ0v) is 32.2. The third-order valence-corrected chi connectivity index (χ3v) is 10.4. The van der Waals surface area contributed by atoms with Crippen molar-refractivity contribution in [3.05, 3.63) is 71.8 Å². The Balaban J connectivity index is 1.78. The molecule has 0 radical (unpaired) electrons. The van der Waals surface area contributed by atoms with Gasteiger partial charge in [-0.3, -0.25) is 19.2 Å². The van der Waals surface area contributed by atoms with Crippen LogP contribution in [0.2, 0.25) is 0 Å². The number of hydrogen-bond acceptors (Lipinski definition) is 6. The van der Waals surface area contributed by atoms with E-state index in [1.165, 1.54) is 5.56 Å². The lowest BCUT2D eigenvalue weighted by Crippen LogP contribution is -2.58. The van der Waals surface area contributed by atoms with E-state index < -0.39 is 35.5 Å². The van der Waals surface area contributed by atoms with Crippen LogP contribution >= 0.6 is 11.8 Å². The number of carbonyl (C=O) groups is 4. The number of ketones is 1. The van der Waals surface area contributed by atoms with Gasteiger partial charge in [0, 0.05) is 6.42 Å². The van der Waals surface area contributed by atoms with Gasteiger partial charge in [0.1, 0.15) is 17.7 Å². The number of nitrogens with one attached hydrogen (secondary N) is 3. The molecule has 1 aliphatic rings. The minimum absolute atomic E-state index is 0.117. The number of aryl methyl sites for hydroxylation is 1. The molecule has 2 aromatic carbocycles. The molecular formula is C41H61N3O5S. The summed E-state index contributed by atoms with van der Waals surface area (Å²) in [7, 11) is 0. The van der Waals surface area contributed by atoms with Gasteiger partial charge in [-0.25, -0.2) is 0 Å². The topological polar surface area (TPSA) is 117 Å². The molecule has 1 heterocycles. The number of thioether (sulfide) groups is 1. The Bertz CT molecular complexity index is 1350. The van der Waals surface area contributed by atoms with Crippen molar-refractivity contribution in [1.29, 1.82) is 0 Å². The van der Waals surface area contributed by atoms with Crippen LogP contribution in [0.5, 0.6) is 0 Å². The fraction of sp³-hybridized carbons (Fsp3) is 0.610. The van der Waals surface area contributed by atoms with Crippen LogP contribution in [0.1, 0.15) is 98.1 Å². The van der Waals surface area contributed by atoms with E-state index in [0.29, 0.717) is 31.8 Å². The van der Waals surface area contributed by atoms with E-state index in [4.69, 9.17) is 4.74 Å². The van der Waals surface area contributed by atoms with Crippen molar-refractivity contribution >= 4 is 35.3 Å². The predicted molar refractivity (Wildman–Crippen MR) is 204 cm³/mol. The summed E-state index contributed by atoms with van der Waals surface area (Å²) in [6, 6.07) is 17.1. The molecule has 8 nitrogen and oxygen atoms in total. The van der Waals surface area contributed by atoms with Gasteiger partial charge in [0.15, 0.2) is 5.78 Å². The van der Waals surface area contributed by atoms with Crippen molar-refractivity contribution in [2.45, 2.75) is 129 Å². The van der Waals surface area contributed by atoms with Crippen molar-refractivity contribution in [1.82, 2.24) is 16.0 Å². The summed E-state index contributed by atoms with van der Waals surface area (Å²) in [4.78, 5) is 55.2. The van der Waals surface area contributed by atoms with E-state index in [0.717, 1.165) is 37.0 Å². The summed E-state index contributed by atoms with van der Waals surface area (Å²) in [6.45, 7) is 14.6. The molecule has 3 N–H and O–H groups in total. The highest BCUT2D eigenvalue weighted by molar-refractivity contribution is 8.00. The second-order valence-corrected chi connectivity index (χ2v) is 16.6. The molecule has 0 spiro atoms. The van der Waals surface area contributed by atoms with Gasteiger partial charge in [0.05, 0.1) is 17.9 Å². The molecule has 3 amide bonds. The summed E-state index contributed by atoms with van der Waals surface area (Å²) >= 11 is 1.66. The summed E-state index contributed by atoms with van der Waals surface area (Å²) in [5, 5.41) is 8.72. The van der Waals surface area contributed by atoms with Gasteiger partial charge >= 0.3 is 0 Å². The smallest absolute Gasteiger partial charge is 0.243 e. The first kappa shape index (κ1) is 41.3. The number of hydrogen-bond donors (Lipinski definition) is 3. The molecular weight excluding hydrogens is 647 g/mol. The van der Waals surface area contributed by atoms with Crippen molar-refractivity contribution in [2.24, 2.45) is 17.8 Å². The summed E-state index contributed by atoms with van der Waals surface area (Å²) in [5.41, 5.74) is 1.16. The van der Waals surface area contributed by atoms with Crippen molar-refractivity contribution < 1.29 is 23.9 Å². The van der Waals surface area contributed by atoms with Crippen LogP contribution in [0.4, 0.5) is 0 Å². The van der Waals surface area contributed by atoms with E-state index >= 15 is 0 Å². The number of Topliss-reactive ketones (excluding diaryl/α,β-unsaturated/α-hetero) is 1. The minimum atomic E-state index is -0.948. The first-order valence-corrected chi connectivity index (χ1v) is 19.6. The van der Waals surface area contributed by atoms with E-state index in [1.807, 2.05) is 76.2 Å². The number of unbranched alkanes of at least 4 members (excludes halogenated alkanes) is 1. The van der Waals surface area contributed by atoms with E-state index in [2.05, 4.69) is 41.9 Å². The molecule has 50 heavy (non-hydrogen) atoms. The Kier molecular flexibility index (Phi) is 17.0. The summed E-state index contributed by atoms with van der Waals surface area (Å²) < 4.78 is 5.42. The average Bonchev–Trinajstić information content (AvgIpc) is 3.83. The normalized spacial score (nSPS) is 18.0. The van der Waals surface area contributed by atoms with Crippen molar-refractivity contribution in [2.75, 3.05) is 12.4 Å². The monoisotopic (exact) mass is 707 g/mol. The Labute approximate surface area is 305 Å². The fourth-order valence-electron chi connectivity index (χ4n) is 6.01. The highest BCUT2D eigenvalue weighted by Gasteiger charge is 2.50. The Morgan fingerprint density at radius 3 is 1.76 bits per heavy atom. The van der Waals surface area contributed by atoms with E-state index in [9.17, 15) is 19.2 Å². The fourth-order valence-corrected chi connectivity index (χ4v) is 7.17. The standard InChI is InChI=1S/C41H61N3O5S/c1-28(2)16-14-15-23-50-36(22-21-31-17-10-8-11-18-31)40(48)44-34(25-30(5)6)38(46)43-35(26-32-19-12-9-13-20-32)39(47)42-33(24-29(3)4)37(45)41(7)27-49-41/h8-13,17-20,28-30,33-36H,14-16,21-27H2,1-7H3,(H,42,47)(H,43,46)(H,44,48)/t33?,34-,35-,36-,41+/m0/s1. The van der Waals surface area contributed by atoms with Gasteiger partial charge in [-0.1, -0.05) is 115 Å². The lowest BCUT2D eigenvalue weighted by molar-refractivity contribution is -0.134. The first-order chi connectivity index (χ1) is 23.8. The van der Waals surface area contributed by atoms with Crippen LogP contribution in [0.15, 0.2) is 60.7 Å². The van der Waals surface area contributed by atoms with Gasteiger partial charge in [-0.15, -0.1) is 11.8 Å². The van der Waals surface area contributed by atoms with Gasteiger partial charge < -0.3 is 20.7 Å². The molecule has 5 atom stereocenters. The molecule has 1 saturated heterocycles. The maximum atomic E-state index is 14.1. The van der Waals surface area contributed by atoms with Gasteiger partial charge in [-0.05, 0) is 73.7 Å². The number of ether oxygens (including phenoxy) is 1. The van der Waals surface area contributed by atoms with Gasteiger partial charge in [0.2, 0.25) is 17.7 Å². The third kappa shape index (κ3) is 14.6. The first-order valence-electron chi connectivity index (χ1n) is 18.6. The predicted octanol–water partition coefficient (Wildman–Crippen LogP) is 6.69. The number of benzene rings is 2. The molecule has 1 aliphatic heterocycles.